The molecule has 0 saturated carbocycles. The van der Waals surface area contributed by atoms with E-state index in [4.69, 9.17) is 28.1 Å². The highest BCUT2D eigenvalue weighted by atomic mass is 35.5. The highest BCUT2D eigenvalue weighted by Gasteiger charge is 2.21. The Morgan fingerprint density at radius 3 is 2.60 bits per heavy atom. The lowest BCUT2D eigenvalue weighted by Crippen LogP contribution is -2.20. The molecule has 0 aliphatic rings. The lowest BCUT2D eigenvalue weighted by atomic mass is 9.94. The van der Waals surface area contributed by atoms with Gasteiger partial charge < -0.3 is 9.84 Å². The van der Waals surface area contributed by atoms with E-state index >= 15 is 0 Å². The quantitative estimate of drug-likeness (QED) is 0.624. The summed E-state index contributed by atoms with van der Waals surface area (Å²) in [6.07, 6.45) is 0.0863. The molecule has 1 unspecified atom stereocenters. The Morgan fingerprint density at radius 2 is 2.10 bits per heavy atom. The number of carbonyl (C=O) groups is 1. The number of carbonyl (C=O) groups excluding carboxylic acids is 1. The molecule has 4 nitrogen and oxygen atoms in total. The normalized spacial score (nSPS) is 13.1. The van der Waals surface area contributed by atoms with Gasteiger partial charge in [-0.2, -0.15) is 0 Å². The second kappa shape index (κ2) is 7.27. The second-order valence-electron chi connectivity index (χ2n) is 5.00. The molecule has 0 bridgehead atoms. The van der Waals surface area contributed by atoms with Gasteiger partial charge in [-0.1, -0.05) is 17.7 Å². The van der Waals surface area contributed by atoms with Crippen molar-refractivity contribution >= 4 is 29.3 Å². The average Bonchev–Trinajstić information content (AvgIpc) is 2.34. The third-order valence-corrected chi connectivity index (χ3v) is 3.32. The third-order valence-electron chi connectivity index (χ3n) is 2.84. The third kappa shape index (κ3) is 4.94. The van der Waals surface area contributed by atoms with E-state index in [0.29, 0.717) is 17.2 Å². The van der Waals surface area contributed by atoms with Gasteiger partial charge in [0.25, 0.3) is 0 Å². The van der Waals surface area contributed by atoms with Gasteiger partial charge >= 0.3 is 5.97 Å². The van der Waals surface area contributed by atoms with Crippen LogP contribution in [0, 0.1) is 0 Å². The minimum atomic E-state index is -1.03. The molecule has 0 saturated heterocycles. The van der Waals surface area contributed by atoms with Crippen LogP contribution in [-0.4, -0.2) is 17.7 Å². The highest BCUT2D eigenvalue weighted by molar-refractivity contribution is 6.30. The molecule has 0 aromatic heterocycles. The van der Waals surface area contributed by atoms with Gasteiger partial charge in [0, 0.05) is 5.02 Å². The van der Waals surface area contributed by atoms with E-state index in [9.17, 15) is 9.90 Å². The number of ether oxygens (including phenoxy) is 1. The Hall–Kier alpha value is -0.810. The lowest BCUT2D eigenvalue weighted by Gasteiger charge is -2.21. The van der Waals surface area contributed by atoms with E-state index in [0.717, 1.165) is 5.56 Å². The lowest BCUT2D eigenvalue weighted by molar-refractivity contribution is -0.143. The van der Waals surface area contributed by atoms with Gasteiger partial charge in [-0.3, -0.25) is 4.79 Å². The molecule has 112 valence electrons. The molecule has 1 aromatic rings. The molecule has 0 heterocycles. The Labute approximate surface area is 129 Å². The van der Waals surface area contributed by atoms with Gasteiger partial charge in [0.2, 0.25) is 0 Å². The maximum Gasteiger partial charge on any atom is 0.307 e. The zero-order chi connectivity index (χ0) is 15.3. The molecule has 0 spiro atoms. The van der Waals surface area contributed by atoms with Crippen molar-refractivity contribution in [1.82, 2.24) is 4.84 Å². The van der Waals surface area contributed by atoms with E-state index < -0.39 is 11.6 Å². The first kappa shape index (κ1) is 17.2. The summed E-state index contributed by atoms with van der Waals surface area (Å²) in [4.78, 5) is 14.1. The number of aliphatic hydroxyl groups is 1. The van der Waals surface area contributed by atoms with Gasteiger partial charge in [-0.15, -0.1) is 0 Å². The van der Waals surface area contributed by atoms with E-state index in [1.807, 2.05) is 0 Å². The number of rotatable bonds is 6. The summed E-state index contributed by atoms with van der Waals surface area (Å²) in [5.41, 5.74) is 0.346. The van der Waals surface area contributed by atoms with Crippen molar-refractivity contribution in [1.29, 1.82) is 0 Å². The Morgan fingerprint density at radius 1 is 1.45 bits per heavy atom. The van der Waals surface area contributed by atoms with Gasteiger partial charge in [0.1, 0.15) is 0 Å². The Kier molecular flexibility index (Phi) is 6.27. The van der Waals surface area contributed by atoms with Crippen molar-refractivity contribution in [3.05, 3.63) is 34.3 Å². The van der Waals surface area contributed by atoms with Crippen LogP contribution in [0.5, 0.6) is 0 Å². The predicted molar refractivity (Wildman–Crippen MR) is 79.7 cm³/mol. The summed E-state index contributed by atoms with van der Waals surface area (Å²) in [7, 11) is 0. The summed E-state index contributed by atoms with van der Waals surface area (Å²) in [5, 5.41) is 10.5. The molecule has 1 rings (SSSR count). The van der Waals surface area contributed by atoms with Crippen LogP contribution >= 0.6 is 23.4 Å². The maximum atomic E-state index is 11.5. The van der Waals surface area contributed by atoms with Crippen LogP contribution in [0.2, 0.25) is 5.02 Å². The molecule has 0 fully saturated rings. The molecule has 1 atom stereocenters. The SMILES string of the molecule is CCOC(=O)CC(NCl)c1cc(Cl)cc(C(C)(C)O)c1. The summed E-state index contributed by atoms with van der Waals surface area (Å²) in [6, 6.07) is 4.72. The van der Waals surface area contributed by atoms with E-state index in [1.165, 1.54) is 0 Å². The van der Waals surface area contributed by atoms with Crippen molar-refractivity contribution in [3.8, 4) is 0 Å². The largest absolute Gasteiger partial charge is 0.466 e. The molecule has 0 radical (unpaired) electrons. The molecule has 2 N–H and O–H groups in total. The zero-order valence-electron chi connectivity index (χ0n) is 11.7. The average molecular weight is 320 g/mol. The zero-order valence-corrected chi connectivity index (χ0v) is 13.3. The second-order valence-corrected chi connectivity index (χ2v) is 5.66. The standard InChI is InChI=1S/C14H19Cl2NO3/c1-4-20-13(18)8-12(17-16)9-5-10(14(2,3)19)7-11(15)6-9/h5-7,12,17,19H,4,8H2,1-3H3. The van der Waals surface area contributed by atoms with Crippen LogP contribution in [-0.2, 0) is 15.1 Å². The summed E-state index contributed by atoms with van der Waals surface area (Å²) >= 11 is 11.8. The summed E-state index contributed by atoms with van der Waals surface area (Å²) in [5.74, 6) is -0.351. The van der Waals surface area contributed by atoms with Crippen molar-refractivity contribution in [2.45, 2.75) is 38.8 Å². The van der Waals surface area contributed by atoms with E-state index in [2.05, 4.69) is 4.84 Å². The first-order valence-corrected chi connectivity index (χ1v) is 7.08. The number of benzene rings is 1. The van der Waals surface area contributed by atoms with Crippen LogP contribution in [0.1, 0.15) is 44.4 Å². The molecule has 1 aromatic carbocycles. The smallest absolute Gasteiger partial charge is 0.307 e. The van der Waals surface area contributed by atoms with Crippen molar-refractivity contribution in [2.24, 2.45) is 0 Å². The minimum absolute atomic E-state index is 0.0863. The predicted octanol–water partition coefficient (Wildman–Crippen LogP) is 3.31. The fourth-order valence-electron chi connectivity index (χ4n) is 1.77. The summed E-state index contributed by atoms with van der Waals surface area (Å²) in [6.45, 7) is 5.39. The first-order valence-electron chi connectivity index (χ1n) is 6.33. The number of hydrogen-bond acceptors (Lipinski definition) is 4. The number of halogens is 2. The fraction of sp³-hybridized carbons (Fsp3) is 0.500. The van der Waals surface area contributed by atoms with Gasteiger partial charge in [-0.05, 0) is 55.8 Å². The van der Waals surface area contributed by atoms with Crippen LogP contribution in [0.25, 0.3) is 0 Å². The molecule has 0 aliphatic carbocycles. The van der Waals surface area contributed by atoms with Gasteiger partial charge in [0.15, 0.2) is 0 Å². The molecular formula is C14H19Cl2NO3. The Balaban J connectivity index is 3.03. The summed E-state index contributed by atoms with van der Waals surface area (Å²) < 4.78 is 4.90. The molecular weight excluding hydrogens is 301 g/mol. The van der Waals surface area contributed by atoms with Crippen LogP contribution in [0.4, 0.5) is 0 Å². The number of hydrogen-bond donors (Lipinski definition) is 2. The van der Waals surface area contributed by atoms with Gasteiger partial charge in [0.05, 0.1) is 24.7 Å². The molecule has 20 heavy (non-hydrogen) atoms. The van der Waals surface area contributed by atoms with Crippen molar-refractivity contribution in [3.63, 3.8) is 0 Å². The van der Waals surface area contributed by atoms with Crippen molar-refractivity contribution < 1.29 is 14.6 Å². The van der Waals surface area contributed by atoms with Gasteiger partial charge in [-0.25, -0.2) is 4.84 Å². The maximum absolute atomic E-state index is 11.5. The monoisotopic (exact) mass is 319 g/mol. The first-order chi connectivity index (χ1) is 9.27. The van der Waals surface area contributed by atoms with E-state index in [-0.39, 0.29) is 12.4 Å². The Bertz CT molecular complexity index is 472. The van der Waals surface area contributed by atoms with Crippen LogP contribution in [0.15, 0.2) is 18.2 Å². The number of esters is 1. The van der Waals surface area contributed by atoms with Crippen LogP contribution in [0.3, 0.4) is 0 Å². The molecule has 0 amide bonds. The van der Waals surface area contributed by atoms with Crippen LogP contribution < -0.4 is 4.84 Å². The minimum Gasteiger partial charge on any atom is -0.466 e. The highest BCUT2D eigenvalue weighted by Crippen LogP contribution is 2.29. The molecule has 0 aliphatic heterocycles. The fourth-order valence-corrected chi connectivity index (χ4v) is 2.22. The van der Waals surface area contributed by atoms with Crippen molar-refractivity contribution in [2.75, 3.05) is 6.61 Å². The topological polar surface area (TPSA) is 58.6 Å². The molecule has 6 heteroatoms. The number of nitrogens with one attached hydrogen (secondary N) is 1. The van der Waals surface area contributed by atoms with E-state index in [1.54, 1.807) is 39.0 Å².